The normalized spacial score (nSPS) is 11.4. The fourth-order valence-corrected chi connectivity index (χ4v) is 1.40. The van der Waals surface area contributed by atoms with E-state index in [0.717, 1.165) is 16.6 Å². The molecule has 18 heavy (non-hydrogen) atoms. The Hall–Kier alpha value is -0.758. The molecule has 7 heteroatoms. The van der Waals surface area contributed by atoms with Crippen LogP contribution in [0.3, 0.4) is 0 Å². The first-order valence-electron chi connectivity index (χ1n) is 4.77. The number of nitrogens with zero attached hydrogens (tertiary/aromatic N) is 3. The van der Waals surface area contributed by atoms with Crippen LogP contribution >= 0.6 is 9.53 Å². The molecule has 1 heterocycles. The Kier molecular flexibility index (Phi) is 7.11. The second-order valence-electron chi connectivity index (χ2n) is 3.11. The molecule has 0 atom stereocenters. The van der Waals surface area contributed by atoms with Gasteiger partial charge in [0.1, 0.15) is 0 Å². The van der Waals surface area contributed by atoms with Gasteiger partial charge < -0.3 is 0 Å². The Bertz CT molecular complexity index is 570. The third-order valence-electron chi connectivity index (χ3n) is 1.97. The Morgan fingerprint density at radius 2 is 2.00 bits per heavy atom. The summed E-state index contributed by atoms with van der Waals surface area (Å²) >= 11 is 4.77. The van der Waals surface area contributed by atoms with Gasteiger partial charge in [-0.25, -0.2) is 0 Å². The summed E-state index contributed by atoms with van der Waals surface area (Å²) < 4.78 is 0.303. The second-order valence-corrected chi connectivity index (χ2v) is 3.99. The number of para-hydroxylation sites is 1. The van der Waals surface area contributed by atoms with Crippen molar-refractivity contribution in [3.8, 4) is 0 Å². The number of halogens is 1. The van der Waals surface area contributed by atoms with E-state index < -0.39 is 0 Å². The maximum atomic E-state index is 5.31. The van der Waals surface area contributed by atoms with E-state index in [1.165, 1.54) is 0 Å². The number of fused-ring (bicyclic) bond motifs is 1. The summed E-state index contributed by atoms with van der Waals surface area (Å²) in [6.45, 7) is 0. The zero-order valence-electron chi connectivity index (χ0n) is 9.06. The topological polar surface area (TPSA) is 63.6 Å². The van der Waals surface area contributed by atoms with E-state index in [4.69, 9.17) is 5.73 Å². The third-order valence-corrected chi connectivity index (χ3v) is 2.14. The van der Waals surface area contributed by atoms with Crippen LogP contribution in [0.5, 0.6) is 0 Å². The molecule has 0 amide bonds. The first kappa shape index (κ1) is 15.3. The number of amidine groups is 1. The SMILES string of the molecule is N/C([Se-])=N/N=C/c1ccc2ccccc2n1.[Cl][Pd+]. The van der Waals surface area contributed by atoms with Gasteiger partial charge in [0.15, 0.2) is 0 Å². The van der Waals surface area contributed by atoms with Crippen molar-refractivity contribution in [2.45, 2.75) is 0 Å². The molecule has 1 aromatic heterocycles. The van der Waals surface area contributed by atoms with Crippen LogP contribution < -0.4 is 5.73 Å². The zero-order valence-corrected chi connectivity index (χ0v) is 13.1. The predicted molar refractivity (Wildman–Crippen MR) is 72.6 cm³/mol. The van der Waals surface area contributed by atoms with Crippen LogP contribution in [0.25, 0.3) is 10.9 Å². The summed E-state index contributed by atoms with van der Waals surface area (Å²) in [5.41, 5.74) is 7.00. The fourth-order valence-electron chi connectivity index (χ4n) is 1.30. The summed E-state index contributed by atoms with van der Waals surface area (Å²) in [6.07, 6.45) is 1.57. The van der Waals surface area contributed by atoms with E-state index >= 15 is 0 Å². The first-order valence-corrected chi connectivity index (χ1v) is 7.63. The van der Waals surface area contributed by atoms with Gasteiger partial charge in [0.25, 0.3) is 0 Å². The molecule has 1 aromatic carbocycles. The number of rotatable bonds is 2. The van der Waals surface area contributed by atoms with Gasteiger partial charge in [-0.05, 0) is 0 Å². The number of nitrogens with two attached hydrogens (primary N) is 1. The summed E-state index contributed by atoms with van der Waals surface area (Å²) in [5.74, 6) is 0. The molecular weight excluding hydrogens is 409 g/mol. The summed E-state index contributed by atoms with van der Waals surface area (Å²) in [7, 11) is 4.49. The van der Waals surface area contributed by atoms with Crippen molar-refractivity contribution >= 4 is 47.4 Å². The summed E-state index contributed by atoms with van der Waals surface area (Å²) in [5, 5.41) is 8.56. The molecule has 0 fully saturated rings. The fraction of sp³-hybridized carbons (Fsp3) is 0. The standard InChI is InChI=1S/C11H10N4Se.ClH.Pd/c12-11(16)15-13-7-9-6-5-8-3-1-2-4-10(8)14-9;;/h1-7H,(H3,12,15,16);1H;/q;;+2/p-2/b13-7+;;. The number of pyridine rings is 1. The van der Waals surface area contributed by atoms with Crippen molar-refractivity contribution in [1.82, 2.24) is 4.98 Å². The van der Waals surface area contributed by atoms with E-state index in [0.29, 0.717) is 4.73 Å². The predicted octanol–water partition coefficient (Wildman–Crippen LogP) is 1.74. The van der Waals surface area contributed by atoms with E-state index in [1.807, 2.05) is 36.4 Å². The molecule has 0 unspecified atom stereocenters. The zero-order chi connectivity index (χ0) is 13.4. The molecule has 0 spiro atoms. The van der Waals surface area contributed by atoms with Gasteiger partial charge in [-0.15, -0.1) is 0 Å². The van der Waals surface area contributed by atoms with Crippen LogP contribution in [0.1, 0.15) is 5.69 Å². The van der Waals surface area contributed by atoms with Gasteiger partial charge in [-0.3, -0.25) is 0 Å². The molecule has 0 aliphatic heterocycles. The number of benzene rings is 1. The maximum absolute atomic E-state index is 5.31. The molecule has 96 valence electrons. The Morgan fingerprint density at radius 1 is 1.28 bits per heavy atom. The molecule has 2 N–H and O–H groups in total. The van der Waals surface area contributed by atoms with E-state index in [2.05, 4.69) is 58.9 Å². The molecule has 2 aromatic rings. The molecule has 0 saturated heterocycles. The molecular formula is C11H9ClN4PdSe. The van der Waals surface area contributed by atoms with Gasteiger partial charge in [-0.2, -0.15) is 0 Å². The number of hydrogen-bond donors (Lipinski definition) is 1. The molecule has 0 radical (unpaired) electrons. The second kappa shape index (κ2) is 8.36. The van der Waals surface area contributed by atoms with Crippen molar-refractivity contribution in [2.75, 3.05) is 0 Å². The number of hydrogen-bond acceptors (Lipinski definition) is 3. The molecule has 0 aliphatic carbocycles. The number of aromatic nitrogens is 1. The van der Waals surface area contributed by atoms with Crippen LogP contribution in [0.15, 0.2) is 46.6 Å². The van der Waals surface area contributed by atoms with Gasteiger partial charge in [0.05, 0.1) is 0 Å². The summed E-state index contributed by atoms with van der Waals surface area (Å²) in [4.78, 5) is 4.40. The molecule has 0 bridgehead atoms. The van der Waals surface area contributed by atoms with Crippen molar-refractivity contribution < 1.29 is 18.2 Å². The Balaban J connectivity index is 0.000000771. The Morgan fingerprint density at radius 3 is 2.72 bits per heavy atom. The van der Waals surface area contributed by atoms with Gasteiger partial charge in [-0.1, -0.05) is 0 Å². The first-order chi connectivity index (χ1) is 8.75. The van der Waals surface area contributed by atoms with Crippen molar-refractivity contribution in [3.05, 3.63) is 42.1 Å². The summed E-state index contributed by atoms with van der Waals surface area (Å²) in [6, 6.07) is 11.8. The van der Waals surface area contributed by atoms with E-state index in [-0.39, 0.29) is 0 Å². The van der Waals surface area contributed by atoms with Crippen LogP contribution in [0, 0.1) is 0 Å². The van der Waals surface area contributed by atoms with Crippen molar-refractivity contribution in [2.24, 2.45) is 15.9 Å². The minimum atomic E-state index is 0.303. The van der Waals surface area contributed by atoms with Crippen LogP contribution in [-0.2, 0) is 18.2 Å². The van der Waals surface area contributed by atoms with Crippen molar-refractivity contribution in [1.29, 1.82) is 0 Å². The van der Waals surface area contributed by atoms with E-state index in [9.17, 15) is 0 Å². The van der Waals surface area contributed by atoms with Crippen molar-refractivity contribution in [3.63, 3.8) is 0 Å². The van der Waals surface area contributed by atoms with Crippen LogP contribution in [0.2, 0.25) is 0 Å². The van der Waals surface area contributed by atoms with E-state index in [1.54, 1.807) is 6.21 Å². The molecule has 0 aliphatic rings. The van der Waals surface area contributed by atoms with Gasteiger partial charge in [0, 0.05) is 0 Å². The van der Waals surface area contributed by atoms with Gasteiger partial charge in [0.2, 0.25) is 0 Å². The monoisotopic (exact) mass is 418 g/mol. The van der Waals surface area contributed by atoms with Crippen LogP contribution in [0.4, 0.5) is 0 Å². The molecule has 4 nitrogen and oxygen atoms in total. The average Bonchev–Trinajstić information content (AvgIpc) is 2.40. The van der Waals surface area contributed by atoms with Crippen LogP contribution in [-0.4, -0.2) is 31.9 Å². The average molecular weight is 418 g/mol. The molecule has 0 saturated carbocycles. The third kappa shape index (κ3) is 4.85. The molecule has 2 rings (SSSR count). The van der Waals surface area contributed by atoms with Gasteiger partial charge >= 0.3 is 129 Å². The minimum absolute atomic E-state index is 0.303. The quantitative estimate of drug-likeness (QED) is 0.350. The Labute approximate surface area is 128 Å².